The van der Waals surface area contributed by atoms with Crippen molar-refractivity contribution >= 4 is 17.9 Å². The van der Waals surface area contributed by atoms with Gasteiger partial charge in [0.05, 0.1) is 0 Å². The Morgan fingerprint density at radius 1 is 0.288 bits per heavy atom. The summed E-state index contributed by atoms with van der Waals surface area (Å²) >= 11 is 0. The first kappa shape index (κ1) is 69.1. The van der Waals surface area contributed by atoms with Crippen molar-refractivity contribution in [1.82, 2.24) is 0 Å². The maximum atomic E-state index is 12.8. The smallest absolute Gasteiger partial charge is 0.306 e. The molecule has 0 aliphatic carbocycles. The summed E-state index contributed by atoms with van der Waals surface area (Å²) in [5, 5.41) is 0. The van der Waals surface area contributed by atoms with E-state index < -0.39 is 6.10 Å². The fourth-order valence-corrected chi connectivity index (χ4v) is 8.18. The minimum Gasteiger partial charge on any atom is -0.462 e. The zero-order valence-electron chi connectivity index (χ0n) is 47.6. The van der Waals surface area contributed by atoms with E-state index in [1.807, 2.05) is 0 Å². The largest absolute Gasteiger partial charge is 0.462 e. The third-order valence-electron chi connectivity index (χ3n) is 12.7. The molecule has 0 amide bonds. The zero-order chi connectivity index (χ0) is 52.9. The number of allylic oxidation sites excluding steroid dienone is 18. The zero-order valence-corrected chi connectivity index (χ0v) is 47.6. The highest BCUT2D eigenvalue weighted by atomic mass is 16.6. The van der Waals surface area contributed by atoms with Crippen LogP contribution in [0.25, 0.3) is 0 Å². The van der Waals surface area contributed by atoms with E-state index in [1.165, 1.54) is 96.3 Å². The Kier molecular flexibility index (Phi) is 57.4. The molecule has 0 saturated heterocycles. The van der Waals surface area contributed by atoms with E-state index >= 15 is 0 Å². The van der Waals surface area contributed by atoms with Gasteiger partial charge in [-0.05, 0) is 122 Å². The first-order valence-corrected chi connectivity index (χ1v) is 30.4. The summed E-state index contributed by atoms with van der Waals surface area (Å²) < 4.78 is 16.8. The average Bonchev–Trinajstić information content (AvgIpc) is 3.39. The van der Waals surface area contributed by atoms with Gasteiger partial charge in [-0.3, -0.25) is 14.4 Å². The van der Waals surface area contributed by atoms with Gasteiger partial charge in [-0.1, -0.05) is 246 Å². The van der Waals surface area contributed by atoms with Crippen molar-refractivity contribution in [3.8, 4) is 0 Å². The van der Waals surface area contributed by atoms with Crippen LogP contribution in [-0.2, 0) is 28.6 Å². The van der Waals surface area contributed by atoms with Crippen molar-refractivity contribution in [3.05, 3.63) is 109 Å². The lowest BCUT2D eigenvalue weighted by Crippen LogP contribution is -2.30. The topological polar surface area (TPSA) is 78.9 Å². The second-order valence-electron chi connectivity index (χ2n) is 19.9. The lowest BCUT2D eigenvalue weighted by atomic mass is 10.1. The Morgan fingerprint density at radius 3 is 0.904 bits per heavy atom. The van der Waals surface area contributed by atoms with Crippen LogP contribution in [0.5, 0.6) is 0 Å². The van der Waals surface area contributed by atoms with Gasteiger partial charge in [-0.15, -0.1) is 0 Å². The Morgan fingerprint density at radius 2 is 0.562 bits per heavy atom. The second kappa shape index (κ2) is 60.6. The van der Waals surface area contributed by atoms with Gasteiger partial charge in [0.15, 0.2) is 6.10 Å². The Balaban J connectivity index is 4.28. The van der Waals surface area contributed by atoms with Crippen LogP contribution in [0, 0.1) is 0 Å². The molecule has 1 atom stereocenters. The number of ether oxygens (including phenoxy) is 3. The molecule has 0 aliphatic rings. The van der Waals surface area contributed by atoms with E-state index in [0.717, 1.165) is 141 Å². The fraction of sp³-hybridized carbons (Fsp3) is 0.687. The summed E-state index contributed by atoms with van der Waals surface area (Å²) in [6.45, 7) is 6.44. The minimum atomic E-state index is -0.791. The average molecular weight is 1010 g/mol. The van der Waals surface area contributed by atoms with Crippen LogP contribution < -0.4 is 0 Å². The standard InChI is InChI=1S/C67H112O6/c1-4-7-10-13-16-19-22-24-26-28-29-30-31-32-33-34-35-36-37-38-39-40-42-43-45-48-51-54-57-60-66(69)72-63-64(62-71-65(68)59-56-53-50-47-21-18-15-12-9-6-3)73-67(70)61-58-55-52-49-46-44-41-27-25-23-20-17-14-11-8-5-2/h7,10,12,15-16,19,24,26-27,29-30,32-33,35-36,38-39,41,64H,4-6,8-9,11,13-14,17-18,20-23,25,28,31,34,37,40,42-63H2,1-3H3/b10-7-,15-12-,19-16-,26-24-,30-29-,33-32-,36-35-,39-38-,41-27-. The highest BCUT2D eigenvalue weighted by Gasteiger charge is 2.19. The molecule has 0 N–H and O–H groups in total. The normalized spacial score (nSPS) is 12.9. The monoisotopic (exact) mass is 1010 g/mol. The van der Waals surface area contributed by atoms with Crippen LogP contribution in [-0.4, -0.2) is 37.2 Å². The highest BCUT2D eigenvalue weighted by Crippen LogP contribution is 2.15. The van der Waals surface area contributed by atoms with Crippen LogP contribution in [0.15, 0.2) is 109 Å². The van der Waals surface area contributed by atoms with Crippen molar-refractivity contribution in [1.29, 1.82) is 0 Å². The van der Waals surface area contributed by atoms with Gasteiger partial charge in [0.25, 0.3) is 0 Å². The molecule has 0 aromatic rings. The van der Waals surface area contributed by atoms with Gasteiger partial charge < -0.3 is 14.2 Å². The molecule has 0 aromatic heterocycles. The molecule has 0 aliphatic heterocycles. The first-order chi connectivity index (χ1) is 36.0. The molecule has 0 heterocycles. The third kappa shape index (κ3) is 58.8. The molecular formula is C67H112O6. The number of unbranched alkanes of at least 4 members (excludes halogenated alkanes) is 25. The summed E-state index contributed by atoms with van der Waals surface area (Å²) in [6.07, 6.45) is 82.4. The van der Waals surface area contributed by atoms with Gasteiger partial charge in [0.1, 0.15) is 13.2 Å². The van der Waals surface area contributed by atoms with Gasteiger partial charge >= 0.3 is 17.9 Å². The van der Waals surface area contributed by atoms with Crippen molar-refractivity contribution in [2.24, 2.45) is 0 Å². The Labute approximate surface area is 450 Å². The number of esters is 3. The maximum absolute atomic E-state index is 12.8. The van der Waals surface area contributed by atoms with Crippen LogP contribution in [0.4, 0.5) is 0 Å². The summed E-state index contributed by atoms with van der Waals surface area (Å²) in [5.41, 5.74) is 0. The van der Waals surface area contributed by atoms with E-state index in [9.17, 15) is 14.4 Å². The number of hydrogen-bond donors (Lipinski definition) is 0. The number of hydrogen-bond acceptors (Lipinski definition) is 6. The quantitative estimate of drug-likeness (QED) is 0.0261. The molecule has 416 valence electrons. The van der Waals surface area contributed by atoms with E-state index in [-0.39, 0.29) is 31.1 Å². The predicted octanol–water partition coefficient (Wildman–Crippen LogP) is 20.7. The molecule has 0 fully saturated rings. The molecular weight excluding hydrogens is 901 g/mol. The fourth-order valence-electron chi connectivity index (χ4n) is 8.18. The van der Waals surface area contributed by atoms with Crippen molar-refractivity contribution in [2.75, 3.05) is 13.2 Å². The lowest BCUT2D eigenvalue weighted by molar-refractivity contribution is -0.167. The van der Waals surface area contributed by atoms with Crippen LogP contribution >= 0.6 is 0 Å². The van der Waals surface area contributed by atoms with Crippen LogP contribution in [0.1, 0.15) is 278 Å². The highest BCUT2D eigenvalue weighted by molar-refractivity contribution is 5.71. The molecule has 1 unspecified atom stereocenters. The summed E-state index contributed by atoms with van der Waals surface area (Å²) in [7, 11) is 0. The molecule has 6 heteroatoms. The SMILES string of the molecule is CC/C=C\C/C=C\C/C=C\C/C=C\C/C=C\C/C=C\C/C=C\CCCCCCCCCC(=O)OCC(COC(=O)CCCCCCC/C=C\CCC)OC(=O)CCCCCCC/C=C\CCCCCCCCC. The van der Waals surface area contributed by atoms with Crippen LogP contribution in [0.3, 0.4) is 0 Å². The van der Waals surface area contributed by atoms with Gasteiger partial charge in [-0.25, -0.2) is 0 Å². The number of rotatable bonds is 54. The molecule has 0 saturated carbocycles. The number of carbonyl (C=O) groups excluding carboxylic acids is 3. The molecule has 0 bridgehead atoms. The lowest BCUT2D eigenvalue weighted by Gasteiger charge is -2.18. The van der Waals surface area contributed by atoms with E-state index in [1.54, 1.807) is 0 Å². The predicted molar refractivity (Wildman–Crippen MR) is 316 cm³/mol. The molecule has 0 aromatic carbocycles. The Bertz CT molecular complexity index is 1490. The van der Waals surface area contributed by atoms with E-state index in [2.05, 4.69) is 130 Å². The maximum Gasteiger partial charge on any atom is 0.306 e. The molecule has 6 nitrogen and oxygen atoms in total. The molecule has 0 spiro atoms. The summed E-state index contributed by atoms with van der Waals surface area (Å²) in [5.74, 6) is -0.917. The van der Waals surface area contributed by atoms with Gasteiger partial charge in [-0.2, -0.15) is 0 Å². The van der Waals surface area contributed by atoms with Gasteiger partial charge in [0, 0.05) is 19.3 Å². The van der Waals surface area contributed by atoms with Crippen LogP contribution in [0.2, 0.25) is 0 Å². The van der Waals surface area contributed by atoms with Gasteiger partial charge in [0.2, 0.25) is 0 Å². The molecule has 0 radical (unpaired) electrons. The molecule has 0 rings (SSSR count). The second-order valence-corrected chi connectivity index (χ2v) is 19.9. The van der Waals surface area contributed by atoms with Crippen molar-refractivity contribution < 1.29 is 28.6 Å². The minimum absolute atomic E-state index is 0.0896. The van der Waals surface area contributed by atoms with Crippen molar-refractivity contribution in [3.63, 3.8) is 0 Å². The van der Waals surface area contributed by atoms with E-state index in [0.29, 0.717) is 19.3 Å². The van der Waals surface area contributed by atoms with Crippen molar-refractivity contribution in [2.45, 2.75) is 284 Å². The summed E-state index contributed by atoms with van der Waals surface area (Å²) in [6, 6.07) is 0. The molecule has 73 heavy (non-hydrogen) atoms. The number of carbonyl (C=O) groups is 3. The first-order valence-electron chi connectivity index (χ1n) is 30.4. The van der Waals surface area contributed by atoms with E-state index in [4.69, 9.17) is 14.2 Å². The third-order valence-corrected chi connectivity index (χ3v) is 12.7. The Hall–Kier alpha value is -3.93. The summed E-state index contributed by atoms with van der Waals surface area (Å²) in [4.78, 5) is 38.1.